The summed E-state index contributed by atoms with van der Waals surface area (Å²) in [7, 11) is 1.66. The third-order valence-corrected chi connectivity index (χ3v) is 5.19. The molecule has 4 nitrogen and oxygen atoms in total. The maximum Gasteiger partial charge on any atom is 0.126 e. The first-order valence-corrected chi connectivity index (χ1v) is 9.52. The smallest absolute Gasteiger partial charge is 0.126 e. The Kier molecular flexibility index (Phi) is 5.33. The van der Waals surface area contributed by atoms with Gasteiger partial charge in [0.25, 0.3) is 0 Å². The van der Waals surface area contributed by atoms with Gasteiger partial charge in [-0.2, -0.15) is 0 Å². The minimum absolute atomic E-state index is 0.0689. The van der Waals surface area contributed by atoms with Gasteiger partial charge >= 0.3 is 0 Å². The Hall–Kier alpha value is -2.82. The maximum atomic E-state index is 10.4. The fraction of sp³-hybridized carbons (Fsp3) is 0.174. The van der Waals surface area contributed by atoms with Crippen molar-refractivity contribution in [2.75, 3.05) is 7.11 Å². The van der Waals surface area contributed by atoms with Crippen molar-refractivity contribution in [3.63, 3.8) is 0 Å². The van der Waals surface area contributed by atoms with Crippen LogP contribution in [-0.4, -0.2) is 17.9 Å². The van der Waals surface area contributed by atoms with Gasteiger partial charge in [-0.1, -0.05) is 54.1 Å². The Balaban J connectivity index is 1.76. The van der Waals surface area contributed by atoms with Gasteiger partial charge in [-0.25, -0.2) is 0 Å². The molecule has 1 heterocycles. The van der Waals surface area contributed by atoms with Crippen LogP contribution >= 0.6 is 11.6 Å². The zero-order chi connectivity index (χ0) is 19.5. The Labute approximate surface area is 169 Å². The standard InChI is InChI=1S/C23H21ClN2O2/c1-28-18-6-4-5-16(13-18)20-14-21(19-7-2-3-8-22(19)27)26-23(25-20)15-9-11-17(24)12-10-15/h2-13,21,23,26-27H,14H2,1H3/t21-,23-/m0/s1. The van der Waals surface area contributed by atoms with Crippen molar-refractivity contribution >= 4 is 17.3 Å². The van der Waals surface area contributed by atoms with Gasteiger partial charge < -0.3 is 9.84 Å². The minimum Gasteiger partial charge on any atom is -0.508 e. The number of hydrogen-bond acceptors (Lipinski definition) is 4. The molecule has 3 aromatic rings. The lowest BCUT2D eigenvalue weighted by Gasteiger charge is -2.31. The summed E-state index contributed by atoms with van der Waals surface area (Å²) in [6, 6.07) is 22.9. The summed E-state index contributed by atoms with van der Waals surface area (Å²) in [5.41, 5.74) is 3.85. The largest absolute Gasteiger partial charge is 0.508 e. The molecule has 2 atom stereocenters. The second-order valence-electron chi connectivity index (χ2n) is 6.74. The molecule has 0 spiro atoms. The summed E-state index contributed by atoms with van der Waals surface area (Å²) in [6.07, 6.45) is 0.422. The average Bonchev–Trinajstić information content (AvgIpc) is 2.74. The quantitative estimate of drug-likeness (QED) is 0.635. The molecule has 0 aromatic heterocycles. The molecule has 5 heteroatoms. The maximum absolute atomic E-state index is 10.4. The van der Waals surface area contributed by atoms with Crippen LogP contribution in [0.4, 0.5) is 0 Å². The summed E-state index contributed by atoms with van der Waals surface area (Å²) in [4.78, 5) is 4.96. The van der Waals surface area contributed by atoms with E-state index in [9.17, 15) is 5.11 Å². The molecule has 0 bridgehead atoms. The van der Waals surface area contributed by atoms with E-state index in [2.05, 4.69) is 5.32 Å². The summed E-state index contributed by atoms with van der Waals surface area (Å²) in [6.45, 7) is 0. The van der Waals surface area contributed by atoms with E-state index >= 15 is 0 Å². The molecule has 2 N–H and O–H groups in total. The van der Waals surface area contributed by atoms with Crippen LogP contribution in [0.3, 0.4) is 0 Å². The van der Waals surface area contributed by atoms with Crippen LogP contribution in [0.25, 0.3) is 0 Å². The number of ether oxygens (including phenoxy) is 1. The number of methoxy groups -OCH3 is 1. The Morgan fingerprint density at radius 2 is 1.82 bits per heavy atom. The van der Waals surface area contributed by atoms with Gasteiger partial charge in [-0.15, -0.1) is 0 Å². The number of hydrogen-bond donors (Lipinski definition) is 2. The number of nitrogens with zero attached hydrogens (tertiary/aromatic N) is 1. The number of para-hydroxylation sites is 1. The number of halogens is 1. The van der Waals surface area contributed by atoms with Crippen LogP contribution in [0.1, 0.15) is 35.3 Å². The highest BCUT2D eigenvalue weighted by Crippen LogP contribution is 2.34. The number of rotatable bonds is 4. The molecular weight excluding hydrogens is 372 g/mol. The zero-order valence-electron chi connectivity index (χ0n) is 15.5. The van der Waals surface area contributed by atoms with Crippen LogP contribution < -0.4 is 10.1 Å². The number of benzene rings is 3. The summed E-state index contributed by atoms with van der Waals surface area (Å²) in [5.74, 6) is 1.07. The predicted octanol–water partition coefficient (Wildman–Crippen LogP) is 5.28. The summed E-state index contributed by atoms with van der Waals surface area (Å²) in [5, 5.41) is 14.6. The summed E-state index contributed by atoms with van der Waals surface area (Å²) >= 11 is 6.05. The molecule has 0 amide bonds. The first-order valence-electron chi connectivity index (χ1n) is 9.14. The molecule has 3 aromatic carbocycles. The van der Waals surface area contributed by atoms with Gasteiger partial charge in [0, 0.05) is 28.8 Å². The number of aromatic hydroxyl groups is 1. The van der Waals surface area contributed by atoms with Crippen molar-refractivity contribution in [3.05, 3.63) is 94.5 Å². The first-order chi connectivity index (χ1) is 13.6. The second-order valence-corrected chi connectivity index (χ2v) is 7.18. The number of aliphatic imine (C=N–C) groups is 1. The highest BCUT2D eigenvalue weighted by molar-refractivity contribution is 6.30. The topological polar surface area (TPSA) is 53.8 Å². The molecular formula is C23H21ClN2O2. The summed E-state index contributed by atoms with van der Waals surface area (Å²) < 4.78 is 5.38. The second kappa shape index (κ2) is 8.05. The van der Waals surface area contributed by atoms with Crippen molar-refractivity contribution in [1.29, 1.82) is 0 Å². The average molecular weight is 393 g/mol. The lowest BCUT2D eigenvalue weighted by molar-refractivity contribution is 0.411. The van der Waals surface area contributed by atoms with Crippen LogP contribution in [0.2, 0.25) is 5.02 Å². The van der Waals surface area contributed by atoms with Crippen molar-refractivity contribution in [1.82, 2.24) is 5.32 Å². The molecule has 0 unspecified atom stereocenters. The van der Waals surface area contributed by atoms with E-state index in [0.29, 0.717) is 11.4 Å². The van der Waals surface area contributed by atoms with Crippen molar-refractivity contribution in [2.45, 2.75) is 18.6 Å². The normalized spacial score (nSPS) is 19.1. The molecule has 1 aliphatic rings. The number of phenolic OH excluding ortho intramolecular Hbond substituents is 1. The number of phenols is 1. The van der Waals surface area contributed by atoms with E-state index < -0.39 is 0 Å². The Bertz CT molecular complexity index is 1000. The zero-order valence-corrected chi connectivity index (χ0v) is 16.2. The molecule has 0 fully saturated rings. The molecule has 0 radical (unpaired) electrons. The molecule has 142 valence electrons. The highest BCUT2D eigenvalue weighted by Gasteiger charge is 2.27. The molecule has 0 saturated carbocycles. The lowest BCUT2D eigenvalue weighted by Crippen LogP contribution is -2.33. The van der Waals surface area contributed by atoms with E-state index in [1.807, 2.05) is 66.7 Å². The van der Waals surface area contributed by atoms with Gasteiger partial charge in [-0.05, 0) is 41.5 Å². The van der Waals surface area contributed by atoms with Gasteiger partial charge in [0.1, 0.15) is 17.7 Å². The van der Waals surface area contributed by atoms with E-state index in [4.69, 9.17) is 21.3 Å². The first kappa shape index (κ1) is 18.5. The molecule has 28 heavy (non-hydrogen) atoms. The van der Waals surface area contributed by atoms with Gasteiger partial charge in [0.15, 0.2) is 0 Å². The van der Waals surface area contributed by atoms with Gasteiger partial charge in [-0.3, -0.25) is 10.3 Å². The van der Waals surface area contributed by atoms with E-state index in [0.717, 1.165) is 28.2 Å². The highest BCUT2D eigenvalue weighted by atomic mass is 35.5. The predicted molar refractivity (Wildman–Crippen MR) is 112 cm³/mol. The minimum atomic E-state index is -0.239. The lowest BCUT2D eigenvalue weighted by atomic mass is 9.93. The van der Waals surface area contributed by atoms with Crippen molar-refractivity contribution in [2.24, 2.45) is 4.99 Å². The van der Waals surface area contributed by atoms with Crippen LogP contribution in [0.15, 0.2) is 77.8 Å². The van der Waals surface area contributed by atoms with Gasteiger partial charge in [0.05, 0.1) is 7.11 Å². The van der Waals surface area contributed by atoms with Crippen LogP contribution in [0, 0.1) is 0 Å². The Morgan fingerprint density at radius 3 is 2.57 bits per heavy atom. The Morgan fingerprint density at radius 1 is 1.04 bits per heavy atom. The molecule has 4 rings (SSSR count). The van der Waals surface area contributed by atoms with Gasteiger partial charge in [0.2, 0.25) is 0 Å². The third-order valence-electron chi connectivity index (χ3n) is 4.94. The SMILES string of the molecule is COc1cccc(C2=N[C@H](c3ccc(Cl)cc3)N[C@H](c3ccccc3O)C2)c1. The fourth-order valence-corrected chi connectivity index (χ4v) is 3.61. The van der Waals surface area contributed by atoms with E-state index in [1.165, 1.54) is 0 Å². The van der Waals surface area contributed by atoms with Crippen molar-refractivity contribution < 1.29 is 9.84 Å². The third kappa shape index (κ3) is 3.88. The van der Waals surface area contributed by atoms with E-state index in [-0.39, 0.29) is 18.0 Å². The van der Waals surface area contributed by atoms with Crippen molar-refractivity contribution in [3.8, 4) is 11.5 Å². The van der Waals surface area contributed by atoms with Crippen LogP contribution in [-0.2, 0) is 0 Å². The molecule has 1 aliphatic heterocycles. The molecule has 0 aliphatic carbocycles. The van der Waals surface area contributed by atoms with E-state index in [1.54, 1.807) is 13.2 Å². The van der Waals surface area contributed by atoms with Crippen LogP contribution in [0.5, 0.6) is 11.5 Å². The fourth-order valence-electron chi connectivity index (χ4n) is 3.48. The molecule has 0 saturated heterocycles. The number of nitrogens with one attached hydrogen (secondary N) is 1. The monoisotopic (exact) mass is 392 g/mol.